The minimum Gasteiger partial charge on any atom is -0.398 e. The van der Waals surface area contributed by atoms with E-state index in [1.54, 1.807) is 6.07 Å². The average Bonchev–Trinajstić information content (AvgIpc) is 2.53. The number of hydrogen-bond acceptors (Lipinski definition) is 3. The lowest BCUT2D eigenvalue weighted by Gasteiger charge is -2.41. The van der Waals surface area contributed by atoms with Gasteiger partial charge in [0.25, 0.3) is 5.91 Å². The molecule has 1 amide bonds. The summed E-state index contributed by atoms with van der Waals surface area (Å²) >= 11 is 1.47. The minimum absolute atomic E-state index is 0.0337. The molecule has 1 saturated carbocycles. The molecular weight excluding hydrogens is 220 g/mol. The van der Waals surface area contributed by atoms with Gasteiger partial charge in [-0.25, -0.2) is 0 Å². The maximum absolute atomic E-state index is 12.0. The van der Waals surface area contributed by atoms with E-state index >= 15 is 0 Å². The van der Waals surface area contributed by atoms with Crippen molar-refractivity contribution in [2.75, 3.05) is 5.73 Å². The van der Waals surface area contributed by atoms with Crippen LogP contribution in [0.5, 0.6) is 0 Å². The highest BCUT2D eigenvalue weighted by molar-refractivity contribution is 7.14. The second-order valence-electron chi connectivity index (χ2n) is 4.56. The lowest BCUT2D eigenvalue weighted by Crippen LogP contribution is -2.52. The van der Waals surface area contributed by atoms with Crippen LogP contribution >= 0.6 is 11.3 Å². The maximum Gasteiger partial charge on any atom is 0.261 e. The Kier molecular flexibility index (Phi) is 2.93. The van der Waals surface area contributed by atoms with E-state index in [1.807, 2.05) is 6.92 Å². The van der Waals surface area contributed by atoms with Gasteiger partial charge in [-0.3, -0.25) is 4.79 Å². The molecule has 0 aliphatic heterocycles. The summed E-state index contributed by atoms with van der Waals surface area (Å²) in [5.74, 6) is 0.0337. The molecule has 0 aromatic carbocycles. The zero-order chi connectivity index (χ0) is 11.8. The Bertz CT molecular complexity index is 382. The average molecular weight is 238 g/mol. The fraction of sp³-hybridized carbons (Fsp3) is 0.583. The molecule has 0 spiro atoms. The van der Waals surface area contributed by atoms with Gasteiger partial charge in [-0.2, -0.15) is 0 Å². The summed E-state index contributed by atoms with van der Waals surface area (Å²) in [5.41, 5.74) is 6.53. The van der Waals surface area contributed by atoms with Crippen molar-refractivity contribution >= 4 is 22.9 Å². The Balaban J connectivity index is 2.08. The molecule has 16 heavy (non-hydrogen) atoms. The van der Waals surface area contributed by atoms with Crippen LogP contribution < -0.4 is 11.1 Å². The normalized spacial score (nSPS) is 17.9. The van der Waals surface area contributed by atoms with Gasteiger partial charge in [-0.15, -0.1) is 11.3 Å². The first-order valence-corrected chi connectivity index (χ1v) is 6.56. The molecule has 1 aliphatic rings. The second kappa shape index (κ2) is 4.09. The van der Waals surface area contributed by atoms with Crippen molar-refractivity contribution in [1.82, 2.24) is 5.32 Å². The van der Waals surface area contributed by atoms with E-state index in [0.717, 1.165) is 29.0 Å². The van der Waals surface area contributed by atoms with Crippen LogP contribution in [0.2, 0.25) is 0 Å². The Morgan fingerprint density at radius 1 is 1.62 bits per heavy atom. The maximum atomic E-state index is 12.0. The molecule has 0 unspecified atom stereocenters. The van der Waals surface area contributed by atoms with Crippen LogP contribution in [0.4, 0.5) is 5.69 Å². The molecule has 1 fully saturated rings. The van der Waals surface area contributed by atoms with Crippen LogP contribution in [0.3, 0.4) is 0 Å². The van der Waals surface area contributed by atoms with Crippen molar-refractivity contribution in [1.29, 1.82) is 0 Å². The number of amides is 1. The molecular formula is C12H18N2OS. The third-order valence-electron chi connectivity index (χ3n) is 3.55. The zero-order valence-electron chi connectivity index (χ0n) is 9.80. The topological polar surface area (TPSA) is 55.1 Å². The minimum atomic E-state index is 0.0337. The molecule has 3 N–H and O–H groups in total. The summed E-state index contributed by atoms with van der Waals surface area (Å²) in [4.78, 5) is 13.8. The summed E-state index contributed by atoms with van der Waals surface area (Å²) in [5, 5.41) is 3.15. The SMILES string of the molecule is CCC1(NC(=O)c2cc(N)c(C)s2)CCC1. The van der Waals surface area contributed by atoms with Gasteiger partial charge >= 0.3 is 0 Å². The lowest BCUT2D eigenvalue weighted by atomic mass is 9.75. The molecule has 0 atom stereocenters. The largest absolute Gasteiger partial charge is 0.398 e. The number of carbonyl (C=O) groups excluding carboxylic acids is 1. The Hall–Kier alpha value is -1.03. The number of hydrogen-bond donors (Lipinski definition) is 2. The molecule has 3 nitrogen and oxygen atoms in total. The van der Waals surface area contributed by atoms with Crippen LogP contribution in [0, 0.1) is 6.92 Å². The number of aryl methyl sites for hydroxylation is 1. The fourth-order valence-corrected chi connectivity index (χ4v) is 2.92. The molecule has 1 aromatic rings. The molecule has 0 bridgehead atoms. The first kappa shape index (κ1) is 11.5. The number of carbonyl (C=O) groups is 1. The molecule has 4 heteroatoms. The van der Waals surface area contributed by atoms with Crippen molar-refractivity contribution in [3.05, 3.63) is 15.8 Å². The molecule has 1 heterocycles. The van der Waals surface area contributed by atoms with Crippen molar-refractivity contribution in [2.24, 2.45) is 0 Å². The number of rotatable bonds is 3. The van der Waals surface area contributed by atoms with Crippen molar-refractivity contribution < 1.29 is 4.79 Å². The second-order valence-corrected chi connectivity index (χ2v) is 5.82. The molecule has 1 aromatic heterocycles. The zero-order valence-corrected chi connectivity index (χ0v) is 10.6. The van der Waals surface area contributed by atoms with Gasteiger partial charge in [0.05, 0.1) is 4.88 Å². The van der Waals surface area contributed by atoms with Crippen molar-refractivity contribution in [2.45, 2.75) is 45.1 Å². The van der Waals surface area contributed by atoms with E-state index in [2.05, 4.69) is 12.2 Å². The predicted molar refractivity (Wildman–Crippen MR) is 67.8 cm³/mol. The Labute approximate surface area is 100 Å². The van der Waals surface area contributed by atoms with Crippen LogP contribution in [-0.2, 0) is 0 Å². The standard InChI is InChI=1S/C12H18N2OS/c1-3-12(5-4-6-12)14-11(15)10-7-9(13)8(2)16-10/h7H,3-6,13H2,1-2H3,(H,14,15). The molecule has 0 radical (unpaired) electrons. The lowest BCUT2D eigenvalue weighted by molar-refractivity contribution is 0.0824. The van der Waals surface area contributed by atoms with Crippen LogP contribution in [0.15, 0.2) is 6.07 Å². The summed E-state index contributed by atoms with van der Waals surface area (Å²) in [6.45, 7) is 4.07. The highest BCUT2D eigenvalue weighted by Crippen LogP contribution is 2.35. The summed E-state index contributed by atoms with van der Waals surface area (Å²) in [7, 11) is 0. The number of nitrogens with two attached hydrogens (primary N) is 1. The van der Waals surface area contributed by atoms with Crippen LogP contribution in [0.1, 0.15) is 47.2 Å². The van der Waals surface area contributed by atoms with Crippen molar-refractivity contribution in [3.8, 4) is 0 Å². The number of nitrogens with one attached hydrogen (secondary N) is 1. The number of thiophene rings is 1. The van der Waals surface area contributed by atoms with Gasteiger partial charge in [-0.1, -0.05) is 6.92 Å². The van der Waals surface area contributed by atoms with Gasteiger partial charge < -0.3 is 11.1 Å². The van der Waals surface area contributed by atoms with E-state index in [1.165, 1.54) is 17.8 Å². The predicted octanol–water partition coefficient (Wildman–Crippen LogP) is 2.70. The highest BCUT2D eigenvalue weighted by atomic mass is 32.1. The highest BCUT2D eigenvalue weighted by Gasteiger charge is 2.36. The molecule has 88 valence electrons. The monoisotopic (exact) mass is 238 g/mol. The Morgan fingerprint density at radius 3 is 2.69 bits per heavy atom. The van der Waals surface area contributed by atoms with E-state index in [-0.39, 0.29) is 11.4 Å². The van der Waals surface area contributed by atoms with Gasteiger partial charge in [0.15, 0.2) is 0 Å². The number of anilines is 1. The first-order valence-electron chi connectivity index (χ1n) is 5.75. The van der Waals surface area contributed by atoms with Gasteiger partial charge in [0.1, 0.15) is 0 Å². The van der Waals surface area contributed by atoms with Gasteiger partial charge in [-0.05, 0) is 38.7 Å². The van der Waals surface area contributed by atoms with Crippen molar-refractivity contribution in [3.63, 3.8) is 0 Å². The molecule has 0 saturated heterocycles. The van der Waals surface area contributed by atoms with Gasteiger partial charge in [0.2, 0.25) is 0 Å². The summed E-state index contributed by atoms with van der Waals surface area (Å²) < 4.78 is 0. The van der Waals surface area contributed by atoms with Crippen LogP contribution in [0.25, 0.3) is 0 Å². The van der Waals surface area contributed by atoms with E-state index in [4.69, 9.17) is 5.73 Å². The summed E-state index contributed by atoms with van der Waals surface area (Å²) in [6.07, 6.45) is 4.45. The third-order valence-corrected chi connectivity index (χ3v) is 4.61. The fourth-order valence-electron chi connectivity index (χ4n) is 2.08. The molecule has 2 rings (SSSR count). The van der Waals surface area contributed by atoms with E-state index < -0.39 is 0 Å². The first-order chi connectivity index (χ1) is 7.56. The van der Waals surface area contributed by atoms with Crippen LogP contribution in [-0.4, -0.2) is 11.4 Å². The summed E-state index contributed by atoms with van der Waals surface area (Å²) in [6, 6.07) is 1.78. The van der Waals surface area contributed by atoms with Gasteiger partial charge in [0, 0.05) is 16.1 Å². The Morgan fingerprint density at radius 2 is 2.31 bits per heavy atom. The smallest absolute Gasteiger partial charge is 0.261 e. The van der Waals surface area contributed by atoms with E-state index in [9.17, 15) is 4.79 Å². The molecule has 1 aliphatic carbocycles. The van der Waals surface area contributed by atoms with E-state index in [0.29, 0.717) is 5.69 Å². The number of nitrogen functional groups attached to an aromatic ring is 1. The quantitative estimate of drug-likeness (QED) is 0.850. The third kappa shape index (κ3) is 1.94.